The van der Waals surface area contributed by atoms with Gasteiger partial charge in [-0.3, -0.25) is 0 Å². The molecule has 6 heteroatoms. The first-order valence-corrected chi connectivity index (χ1v) is 2.43. The summed E-state index contributed by atoms with van der Waals surface area (Å²) in [5, 5.41) is 15.0. The normalized spacial score (nSPS) is 10.9. The van der Waals surface area contributed by atoms with Crippen molar-refractivity contribution in [1.82, 2.24) is 15.0 Å². The van der Waals surface area contributed by atoms with Gasteiger partial charge < -0.3 is 5.73 Å². The quantitative estimate of drug-likeness (QED) is 0.279. The minimum Gasteiger partial charge on any atom is -0.367 e. The monoisotopic (exact) mass is 136 g/mol. The lowest BCUT2D eigenvalue weighted by Crippen LogP contribution is -2.22. The molecule has 0 atom stereocenters. The Hall–Kier alpha value is -1.90. The van der Waals surface area contributed by atoms with Crippen LogP contribution in [0.5, 0.6) is 0 Å². The van der Waals surface area contributed by atoms with Gasteiger partial charge in [0.05, 0.1) is 12.4 Å². The largest absolute Gasteiger partial charge is 0.367 e. The Morgan fingerprint density at radius 3 is 3.10 bits per heavy atom. The Morgan fingerprint density at radius 2 is 2.60 bits per heavy atom. The Labute approximate surface area is 56.6 Å². The molecule has 0 fully saturated rings. The third kappa shape index (κ3) is 1.08. The summed E-state index contributed by atoms with van der Waals surface area (Å²) in [4.78, 5) is 3.23. The first-order valence-electron chi connectivity index (χ1n) is 2.43. The third-order valence-electron chi connectivity index (χ3n) is 0.822. The average molecular weight is 136 g/mol. The Bertz CT molecular complexity index is 264. The summed E-state index contributed by atoms with van der Waals surface area (Å²) in [6.45, 7) is 0. The summed E-state index contributed by atoms with van der Waals surface area (Å²) < 4.78 is 1.20. The van der Waals surface area contributed by atoms with Gasteiger partial charge in [-0.2, -0.15) is 9.94 Å². The van der Waals surface area contributed by atoms with Gasteiger partial charge in [-0.05, 0) is 0 Å². The molecule has 0 bridgehead atoms. The van der Waals surface area contributed by atoms with E-state index in [4.69, 9.17) is 11.0 Å². The molecular weight excluding hydrogens is 132 g/mol. The standard InChI is InChI=1S/C4H4N6/c5-3-7-4(6)10-2-1-8-9-10/h1-2H,(H2,6,7). The molecule has 50 valence electrons. The Morgan fingerprint density at radius 1 is 1.80 bits per heavy atom. The van der Waals surface area contributed by atoms with E-state index in [-0.39, 0.29) is 5.96 Å². The van der Waals surface area contributed by atoms with Crippen molar-refractivity contribution in [2.45, 2.75) is 0 Å². The van der Waals surface area contributed by atoms with Gasteiger partial charge in [0.25, 0.3) is 0 Å². The van der Waals surface area contributed by atoms with Gasteiger partial charge in [0.2, 0.25) is 12.2 Å². The molecule has 0 aliphatic rings. The van der Waals surface area contributed by atoms with Crippen molar-refractivity contribution >= 4 is 5.96 Å². The third-order valence-corrected chi connectivity index (χ3v) is 0.822. The van der Waals surface area contributed by atoms with E-state index in [2.05, 4.69) is 15.3 Å². The molecule has 1 heterocycles. The molecule has 0 spiro atoms. The molecule has 1 rings (SSSR count). The summed E-state index contributed by atoms with van der Waals surface area (Å²) in [5.41, 5.74) is 5.24. The van der Waals surface area contributed by atoms with Gasteiger partial charge in [0.1, 0.15) is 0 Å². The molecule has 6 nitrogen and oxygen atoms in total. The maximum atomic E-state index is 8.06. The molecule has 0 aliphatic carbocycles. The minimum absolute atomic E-state index is 0.0139. The smallest absolute Gasteiger partial charge is 0.233 e. The fourth-order valence-corrected chi connectivity index (χ4v) is 0.433. The van der Waals surface area contributed by atoms with Gasteiger partial charge in [0.15, 0.2) is 0 Å². The van der Waals surface area contributed by atoms with Crippen LogP contribution in [0.3, 0.4) is 0 Å². The molecule has 1 aromatic heterocycles. The summed E-state index contributed by atoms with van der Waals surface area (Å²) in [6, 6.07) is 0. The van der Waals surface area contributed by atoms with E-state index in [1.165, 1.54) is 23.3 Å². The molecule has 0 aromatic carbocycles. The van der Waals surface area contributed by atoms with E-state index in [1.807, 2.05) is 0 Å². The van der Waals surface area contributed by atoms with E-state index in [9.17, 15) is 0 Å². The molecule has 10 heavy (non-hydrogen) atoms. The Balaban J connectivity index is 2.90. The average Bonchev–Trinajstić information content (AvgIpc) is 2.38. The van der Waals surface area contributed by atoms with Crippen molar-refractivity contribution in [2.75, 3.05) is 0 Å². The lowest BCUT2D eigenvalue weighted by molar-refractivity contribution is 0.833. The molecular formula is C4H4N6. The second-order valence-electron chi connectivity index (χ2n) is 1.42. The van der Waals surface area contributed by atoms with E-state index < -0.39 is 0 Å². The van der Waals surface area contributed by atoms with Crippen molar-refractivity contribution in [3.8, 4) is 6.19 Å². The van der Waals surface area contributed by atoms with Crippen LogP contribution in [0.25, 0.3) is 0 Å². The van der Waals surface area contributed by atoms with Gasteiger partial charge in [-0.15, -0.1) is 10.1 Å². The zero-order chi connectivity index (χ0) is 7.40. The molecule has 1 aromatic rings. The lowest BCUT2D eigenvalue weighted by Gasteiger charge is -1.91. The molecule has 0 unspecified atom stereocenters. The fourth-order valence-electron chi connectivity index (χ4n) is 0.433. The van der Waals surface area contributed by atoms with Crippen molar-refractivity contribution < 1.29 is 0 Å². The van der Waals surface area contributed by atoms with Crippen molar-refractivity contribution in [2.24, 2.45) is 10.7 Å². The first-order chi connectivity index (χ1) is 4.84. The first kappa shape index (κ1) is 6.22. The number of hydrogen-bond donors (Lipinski definition) is 1. The van der Waals surface area contributed by atoms with E-state index >= 15 is 0 Å². The van der Waals surface area contributed by atoms with Gasteiger partial charge in [0, 0.05) is 0 Å². The molecule has 0 saturated carbocycles. The number of nitrogens with two attached hydrogens (primary N) is 1. The zero-order valence-electron chi connectivity index (χ0n) is 4.97. The highest BCUT2D eigenvalue weighted by atomic mass is 15.5. The van der Waals surface area contributed by atoms with Crippen molar-refractivity contribution in [3.05, 3.63) is 12.4 Å². The maximum Gasteiger partial charge on any atom is 0.233 e. The van der Waals surface area contributed by atoms with E-state index in [0.29, 0.717) is 0 Å². The van der Waals surface area contributed by atoms with Crippen LogP contribution in [0.4, 0.5) is 0 Å². The highest BCUT2D eigenvalue weighted by molar-refractivity contribution is 5.79. The van der Waals surface area contributed by atoms with Crippen molar-refractivity contribution in [3.63, 3.8) is 0 Å². The van der Waals surface area contributed by atoms with Crippen molar-refractivity contribution in [1.29, 1.82) is 5.26 Å². The molecule has 0 radical (unpaired) electrons. The van der Waals surface area contributed by atoms with Crippen LogP contribution in [-0.4, -0.2) is 21.0 Å². The number of hydrogen-bond acceptors (Lipinski definition) is 4. The maximum absolute atomic E-state index is 8.06. The number of aromatic nitrogens is 3. The van der Waals surface area contributed by atoms with Gasteiger partial charge in [-0.25, -0.2) is 0 Å². The topological polar surface area (TPSA) is 92.9 Å². The van der Waals surface area contributed by atoms with Gasteiger partial charge in [-0.1, -0.05) is 5.21 Å². The highest BCUT2D eigenvalue weighted by Crippen LogP contribution is 1.76. The fraction of sp³-hybridized carbons (Fsp3) is 0. The number of aliphatic imine (C=N–C) groups is 1. The highest BCUT2D eigenvalue weighted by Gasteiger charge is 1.93. The number of nitriles is 1. The number of nitrogens with zero attached hydrogens (tertiary/aromatic N) is 5. The molecule has 2 N–H and O–H groups in total. The van der Waals surface area contributed by atoms with E-state index in [0.717, 1.165) is 0 Å². The van der Waals surface area contributed by atoms with Crippen LogP contribution in [0.1, 0.15) is 0 Å². The Kier molecular flexibility index (Phi) is 1.61. The predicted octanol–water partition coefficient (Wildman–Crippen LogP) is -1.08. The molecule has 0 saturated heterocycles. The second-order valence-corrected chi connectivity index (χ2v) is 1.42. The van der Waals surface area contributed by atoms with Crippen LogP contribution in [-0.2, 0) is 0 Å². The van der Waals surface area contributed by atoms with Crippen LogP contribution in [0.2, 0.25) is 0 Å². The van der Waals surface area contributed by atoms with Crippen LogP contribution in [0, 0.1) is 11.5 Å². The molecule has 0 aliphatic heterocycles. The lowest BCUT2D eigenvalue weighted by atomic mass is 10.9. The summed E-state index contributed by atoms with van der Waals surface area (Å²) >= 11 is 0. The summed E-state index contributed by atoms with van der Waals surface area (Å²) in [5.74, 6) is 0.0139. The van der Waals surface area contributed by atoms with E-state index in [1.54, 1.807) is 0 Å². The van der Waals surface area contributed by atoms with Crippen LogP contribution >= 0.6 is 0 Å². The zero-order valence-corrected chi connectivity index (χ0v) is 4.97. The summed E-state index contributed by atoms with van der Waals surface area (Å²) in [7, 11) is 0. The predicted molar refractivity (Wildman–Crippen MR) is 32.7 cm³/mol. The van der Waals surface area contributed by atoms with Crippen LogP contribution in [0.15, 0.2) is 17.4 Å². The number of rotatable bonds is 0. The SMILES string of the molecule is N#CN=C(N)n1ccnn1. The minimum atomic E-state index is 0.0139. The molecule has 0 amide bonds. The summed E-state index contributed by atoms with van der Waals surface area (Å²) in [6.07, 6.45) is 4.47. The van der Waals surface area contributed by atoms with Crippen LogP contribution < -0.4 is 5.73 Å². The van der Waals surface area contributed by atoms with Gasteiger partial charge >= 0.3 is 0 Å². The second kappa shape index (κ2) is 2.59.